The first kappa shape index (κ1) is 17.7. The third kappa shape index (κ3) is 4.70. The van der Waals surface area contributed by atoms with Gasteiger partial charge in [0, 0.05) is 0 Å². The van der Waals surface area contributed by atoms with Crippen LogP contribution in [0.15, 0.2) is 91.5 Å². The molecule has 0 heterocycles. The van der Waals surface area contributed by atoms with Crippen LogP contribution in [0.1, 0.15) is 28.8 Å². The van der Waals surface area contributed by atoms with Gasteiger partial charge in [-0.2, -0.15) is 0 Å². The summed E-state index contributed by atoms with van der Waals surface area (Å²) in [6.45, 7) is 3.73. The highest BCUT2D eigenvalue weighted by atomic mass is 16.5. The summed E-state index contributed by atoms with van der Waals surface area (Å²) in [5.74, 6) is 0.208. The SMILES string of the molecule is C=CCCCc1ccc(C(=O)Oc2ccc(-c3ccccc3)cc2)cc1. The largest absolute Gasteiger partial charge is 0.423 e. The van der Waals surface area contributed by atoms with Gasteiger partial charge in [0.2, 0.25) is 0 Å². The number of rotatable bonds is 7. The van der Waals surface area contributed by atoms with Crippen LogP contribution >= 0.6 is 0 Å². The molecule has 0 N–H and O–H groups in total. The summed E-state index contributed by atoms with van der Waals surface area (Å²) in [7, 11) is 0. The smallest absolute Gasteiger partial charge is 0.343 e. The minimum Gasteiger partial charge on any atom is -0.423 e. The predicted octanol–water partition coefficient (Wildman–Crippen LogP) is 6.08. The van der Waals surface area contributed by atoms with Gasteiger partial charge in [0.25, 0.3) is 0 Å². The lowest BCUT2D eigenvalue weighted by atomic mass is 10.1. The number of ether oxygens (including phenoxy) is 1. The maximum absolute atomic E-state index is 12.3. The fraction of sp³-hybridized carbons (Fsp3) is 0.125. The molecule has 0 spiro atoms. The number of carbonyl (C=O) groups excluding carboxylic acids is 1. The standard InChI is InChI=1S/C24H22O2/c1-2-3-5-8-19-11-13-22(14-12-19)24(25)26-23-17-15-21(16-18-23)20-9-6-4-7-10-20/h2,4,6-7,9-18H,1,3,5,8H2. The number of unbranched alkanes of at least 4 members (excludes halogenated alkanes) is 1. The van der Waals surface area contributed by atoms with E-state index in [1.165, 1.54) is 5.56 Å². The average molecular weight is 342 g/mol. The Morgan fingerprint density at radius 3 is 2.15 bits per heavy atom. The molecule has 2 heteroatoms. The maximum Gasteiger partial charge on any atom is 0.343 e. The van der Waals surface area contributed by atoms with Crippen LogP contribution in [-0.4, -0.2) is 5.97 Å². The molecule has 3 aromatic rings. The first-order valence-electron chi connectivity index (χ1n) is 8.84. The highest BCUT2D eigenvalue weighted by Gasteiger charge is 2.09. The molecule has 3 aromatic carbocycles. The van der Waals surface area contributed by atoms with Crippen molar-refractivity contribution in [2.75, 3.05) is 0 Å². The van der Waals surface area contributed by atoms with Gasteiger partial charge in [0.1, 0.15) is 5.75 Å². The highest BCUT2D eigenvalue weighted by molar-refractivity contribution is 5.91. The van der Waals surface area contributed by atoms with Gasteiger partial charge in [0.05, 0.1) is 5.56 Å². The van der Waals surface area contributed by atoms with Crippen LogP contribution in [0.2, 0.25) is 0 Å². The molecule has 0 fully saturated rings. The summed E-state index contributed by atoms with van der Waals surface area (Å²) in [5.41, 5.74) is 4.01. The molecule has 0 atom stereocenters. The number of hydrogen-bond donors (Lipinski definition) is 0. The van der Waals surface area contributed by atoms with Crippen molar-refractivity contribution in [3.63, 3.8) is 0 Å². The van der Waals surface area contributed by atoms with E-state index in [9.17, 15) is 4.79 Å². The number of carbonyl (C=O) groups is 1. The second-order valence-corrected chi connectivity index (χ2v) is 6.16. The van der Waals surface area contributed by atoms with E-state index in [1.807, 2.05) is 72.8 Å². The zero-order valence-electron chi connectivity index (χ0n) is 14.7. The van der Waals surface area contributed by atoms with Crippen molar-refractivity contribution in [1.29, 1.82) is 0 Å². The fourth-order valence-electron chi connectivity index (χ4n) is 2.77. The molecule has 0 aliphatic rings. The molecular formula is C24H22O2. The molecule has 0 bridgehead atoms. The molecule has 0 aromatic heterocycles. The lowest BCUT2D eigenvalue weighted by Gasteiger charge is -2.07. The van der Waals surface area contributed by atoms with E-state index in [0.717, 1.165) is 30.4 Å². The van der Waals surface area contributed by atoms with Gasteiger partial charge in [0.15, 0.2) is 0 Å². The van der Waals surface area contributed by atoms with E-state index in [2.05, 4.69) is 18.7 Å². The number of esters is 1. The van der Waals surface area contributed by atoms with E-state index in [1.54, 1.807) is 0 Å². The Morgan fingerprint density at radius 2 is 1.50 bits per heavy atom. The molecule has 0 saturated heterocycles. The third-order valence-corrected chi connectivity index (χ3v) is 4.24. The van der Waals surface area contributed by atoms with Crippen LogP contribution in [-0.2, 0) is 6.42 Å². The fourth-order valence-corrected chi connectivity index (χ4v) is 2.77. The Balaban J connectivity index is 1.61. The monoisotopic (exact) mass is 342 g/mol. The van der Waals surface area contributed by atoms with Gasteiger partial charge in [-0.1, -0.05) is 60.7 Å². The average Bonchev–Trinajstić information content (AvgIpc) is 2.70. The Hall–Kier alpha value is -3.13. The molecule has 130 valence electrons. The molecule has 2 nitrogen and oxygen atoms in total. The van der Waals surface area contributed by atoms with Gasteiger partial charge in [-0.15, -0.1) is 6.58 Å². The van der Waals surface area contributed by atoms with Crippen molar-refractivity contribution >= 4 is 5.97 Å². The van der Waals surface area contributed by atoms with Gasteiger partial charge < -0.3 is 4.74 Å². The number of hydrogen-bond acceptors (Lipinski definition) is 2. The first-order valence-corrected chi connectivity index (χ1v) is 8.84. The number of benzene rings is 3. The molecule has 0 aliphatic heterocycles. The molecule has 0 unspecified atom stereocenters. The summed E-state index contributed by atoms with van der Waals surface area (Å²) in [6, 6.07) is 25.3. The zero-order chi connectivity index (χ0) is 18.2. The van der Waals surface area contributed by atoms with Crippen LogP contribution in [0.3, 0.4) is 0 Å². The summed E-state index contributed by atoms with van der Waals surface area (Å²) in [5, 5.41) is 0. The number of aryl methyl sites for hydroxylation is 1. The van der Waals surface area contributed by atoms with E-state index in [4.69, 9.17) is 4.74 Å². The topological polar surface area (TPSA) is 26.3 Å². The normalized spacial score (nSPS) is 10.3. The lowest BCUT2D eigenvalue weighted by molar-refractivity contribution is 0.0735. The Morgan fingerprint density at radius 1 is 0.846 bits per heavy atom. The van der Waals surface area contributed by atoms with Crippen molar-refractivity contribution in [1.82, 2.24) is 0 Å². The van der Waals surface area contributed by atoms with E-state index >= 15 is 0 Å². The van der Waals surface area contributed by atoms with Crippen LogP contribution < -0.4 is 4.74 Å². The highest BCUT2D eigenvalue weighted by Crippen LogP contribution is 2.22. The summed E-state index contributed by atoms with van der Waals surface area (Å²) in [4.78, 5) is 12.3. The third-order valence-electron chi connectivity index (χ3n) is 4.24. The summed E-state index contributed by atoms with van der Waals surface area (Å²) in [6.07, 6.45) is 4.99. The molecular weight excluding hydrogens is 320 g/mol. The maximum atomic E-state index is 12.3. The van der Waals surface area contributed by atoms with Crippen molar-refractivity contribution < 1.29 is 9.53 Å². The van der Waals surface area contributed by atoms with Crippen LogP contribution in [0.4, 0.5) is 0 Å². The summed E-state index contributed by atoms with van der Waals surface area (Å²) < 4.78 is 5.48. The number of allylic oxidation sites excluding steroid dienone is 1. The van der Waals surface area contributed by atoms with E-state index in [0.29, 0.717) is 11.3 Å². The minimum absolute atomic E-state index is 0.338. The molecule has 0 radical (unpaired) electrons. The van der Waals surface area contributed by atoms with Crippen LogP contribution in [0.5, 0.6) is 5.75 Å². The van der Waals surface area contributed by atoms with Crippen molar-refractivity contribution in [3.05, 3.63) is 103 Å². The van der Waals surface area contributed by atoms with E-state index < -0.39 is 0 Å². The molecule has 0 saturated carbocycles. The van der Waals surface area contributed by atoms with Gasteiger partial charge in [-0.3, -0.25) is 0 Å². The zero-order valence-corrected chi connectivity index (χ0v) is 14.7. The Labute approximate surface area is 154 Å². The van der Waals surface area contributed by atoms with Crippen LogP contribution in [0.25, 0.3) is 11.1 Å². The van der Waals surface area contributed by atoms with Crippen molar-refractivity contribution in [2.45, 2.75) is 19.3 Å². The molecule has 26 heavy (non-hydrogen) atoms. The van der Waals surface area contributed by atoms with Gasteiger partial charge in [-0.05, 0) is 60.2 Å². The molecule has 3 rings (SSSR count). The first-order chi connectivity index (χ1) is 12.8. The summed E-state index contributed by atoms with van der Waals surface area (Å²) >= 11 is 0. The van der Waals surface area contributed by atoms with Gasteiger partial charge in [-0.25, -0.2) is 4.79 Å². The Kier molecular flexibility index (Phi) is 6.00. The second-order valence-electron chi connectivity index (χ2n) is 6.16. The van der Waals surface area contributed by atoms with Crippen molar-refractivity contribution in [2.24, 2.45) is 0 Å². The van der Waals surface area contributed by atoms with Gasteiger partial charge >= 0.3 is 5.97 Å². The molecule has 0 aliphatic carbocycles. The van der Waals surface area contributed by atoms with Crippen molar-refractivity contribution in [3.8, 4) is 16.9 Å². The van der Waals surface area contributed by atoms with Crippen LogP contribution in [0, 0.1) is 0 Å². The predicted molar refractivity (Wildman–Crippen MR) is 106 cm³/mol. The quantitative estimate of drug-likeness (QED) is 0.225. The Bertz CT molecular complexity index is 847. The lowest BCUT2D eigenvalue weighted by Crippen LogP contribution is -2.08. The molecule has 0 amide bonds. The second kappa shape index (κ2) is 8.82. The minimum atomic E-state index is -0.338. The van der Waals surface area contributed by atoms with E-state index in [-0.39, 0.29) is 5.97 Å².